The van der Waals surface area contributed by atoms with Crippen LogP contribution in [0.25, 0.3) is 0 Å². The minimum Gasteiger partial charge on any atom is -0.508 e. The molecule has 0 aliphatic heterocycles. The first-order chi connectivity index (χ1) is 4.80. The van der Waals surface area contributed by atoms with Gasteiger partial charge < -0.3 is 5.11 Å². The van der Waals surface area contributed by atoms with E-state index in [-0.39, 0.29) is 0 Å². The van der Waals surface area contributed by atoms with Crippen molar-refractivity contribution in [3.8, 4) is 5.75 Å². The molecule has 0 saturated heterocycles. The van der Waals surface area contributed by atoms with Crippen LogP contribution in [0.15, 0.2) is 24.3 Å². The van der Waals surface area contributed by atoms with Crippen molar-refractivity contribution in [2.45, 2.75) is 6.92 Å². The van der Waals surface area contributed by atoms with Crippen LogP contribution in [0.1, 0.15) is 5.56 Å². The third kappa shape index (κ3) is 2.26. The van der Waals surface area contributed by atoms with Crippen molar-refractivity contribution in [3.05, 3.63) is 39.8 Å². The summed E-state index contributed by atoms with van der Waals surface area (Å²) < 4.78 is 0. The molecule has 0 radical (unpaired) electrons. The van der Waals surface area contributed by atoms with E-state index in [1.54, 1.807) is 6.07 Å². The van der Waals surface area contributed by atoms with Gasteiger partial charge >= 0.3 is 0 Å². The first-order valence-electron chi connectivity index (χ1n) is 2.72. The molecule has 3 heteroatoms. The lowest BCUT2D eigenvalue weighted by Gasteiger charge is -1.92. The summed E-state index contributed by atoms with van der Waals surface area (Å²) in [4.78, 5) is 14.0. The lowest BCUT2D eigenvalue weighted by atomic mass is 10.2. The number of rotatable bonds is 0. The second-order valence-electron chi connectivity index (χ2n) is 1.79. The molecule has 54 valence electrons. The van der Waals surface area contributed by atoms with Crippen LogP contribution in [0.2, 0.25) is 0 Å². The molecule has 1 aromatic carbocycles. The van der Waals surface area contributed by atoms with Gasteiger partial charge in [0.1, 0.15) is 5.75 Å². The Kier molecular flexibility index (Phi) is 3.87. The van der Waals surface area contributed by atoms with Crippen LogP contribution in [0.3, 0.4) is 0 Å². The highest BCUT2D eigenvalue weighted by Gasteiger charge is 1.86. The van der Waals surface area contributed by atoms with Crippen LogP contribution in [0.4, 0.5) is 0 Å². The van der Waals surface area contributed by atoms with Gasteiger partial charge in [0, 0.05) is 9.93 Å². The number of aryl methyl sites for hydroxylation is 1. The fraction of sp³-hybridized carbons (Fsp3) is 0.143. The second kappa shape index (κ2) is 4.49. The Labute approximate surface area is 58.5 Å². The molecule has 1 aromatic rings. The number of benzene rings is 1. The molecule has 0 amide bonds. The third-order valence-electron chi connectivity index (χ3n) is 1.12. The molecule has 0 bridgehead atoms. The van der Waals surface area contributed by atoms with Gasteiger partial charge in [-0.1, -0.05) is 18.2 Å². The SMILES string of the molecule is Cc1ccccc1O.O=O. The largest absolute Gasteiger partial charge is 0.508 e. The Balaban J connectivity index is 0.000000371. The van der Waals surface area contributed by atoms with Gasteiger partial charge in [0.2, 0.25) is 0 Å². The molecular formula is C7H8O3. The molecule has 0 aliphatic rings. The Morgan fingerprint density at radius 2 is 1.70 bits per heavy atom. The van der Waals surface area contributed by atoms with Gasteiger partial charge in [0.15, 0.2) is 0 Å². The predicted octanol–water partition coefficient (Wildman–Crippen LogP) is 1.77. The van der Waals surface area contributed by atoms with Gasteiger partial charge in [0.05, 0.1) is 0 Å². The van der Waals surface area contributed by atoms with Gasteiger partial charge in [-0.25, -0.2) is 0 Å². The Morgan fingerprint density at radius 3 is 2.00 bits per heavy atom. The van der Waals surface area contributed by atoms with E-state index in [1.165, 1.54) is 0 Å². The molecule has 0 saturated carbocycles. The molecule has 1 rings (SSSR count). The highest BCUT2D eigenvalue weighted by atomic mass is 16.7. The van der Waals surface area contributed by atoms with Crippen molar-refractivity contribution in [2.24, 2.45) is 0 Å². The van der Waals surface area contributed by atoms with E-state index >= 15 is 0 Å². The molecule has 0 atom stereocenters. The Hall–Kier alpha value is -1.38. The summed E-state index contributed by atoms with van der Waals surface area (Å²) >= 11 is 0. The summed E-state index contributed by atoms with van der Waals surface area (Å²) in [5.41, 5.74) is 0.924. The fourth-order valence-corrected chi connectivity index (χ4v) is 0.563. The minimum absolute atomic E-state index is 0.368. The van der Waals surface area contributed by atoms with E-state index in [0.29, 0.717) is 5.75 Å². The average molecular weight is 140 g/mol. The molecule has 3 nitrogen and oxygen atoms in total. The minimum atomic E-state index is 0.368. The molecular weight excluding hydrogens is 132 g/mol. The average Bonchev–Trinajstić information content (AvgIpc) is 2.00. The summed E-state index contributed by atoms with van der Waals surface area (Å²) in [6.45, 7) is 1.87. The third-order valence-corrected chi connectivity index (χ3v) is 1.12. The van der Waals surface area contributed by atoms with E-state index in [9.17, 15) is 0 Å². The first-order valence-corrected chi connectivity index (χ1v) is 2.72. The number of phenolic OH excluding ortho intramolecular Hbond substituents is 1. The molecule has 0 aromatic heterocycles. The van der Waals surface area contributed by atoms with Crippen molar-refractivity contribution >= 4 is 0 Å². The number of para-hydroxylation sites is 1. The number of aromatic hydroxyl groups is 1. The predicted molar refractivity (Wildman–Crippen MR) is 39.6 cm³/mol. The zero-order chi connectivity index (χ0) is 7.98. The summed E-state index contributed by atoms with van der Waals surface area (Å²) in [7, 11) is 0. The molecule has 0 aliphatic carbocycles. The van der Waals surface area contributed by atoms with Crippen LogP contribution < -0.4 is 0 Å². The van der Waals surface area contributed by atoms with E-state index in [1.807, 2.05) is 25.1 Å². The fourth-order valence-electron chi connectivity index (χ4n) is 0.563. The van der Waals surface area contributed by atoms with Crippen LogP contribution in [-0.2, 0) is 0 Å². The highest BCUT2D eigenvalue weighted by Crippen LogP contribution is 2.12. The Bertz CT molecular complexity index is 177. The standard InChI is InChI=1S/C7H8O.O2/c1-6-4-2-3-5-7(6)8;1-2/h2-5,8H,1H3;. The van der Waals surface area contributed by atoms with Crippen molar-refractivity contribution in [3.63, 3.8) is 0 Å². The van der Waals surface area contributed by atoms with Crippen LogP contribution >= 0.6 is 0 Å². The highest BCUT2D eigenvalue weighted by molar-refractivity contribution is 5.29. The van der Waals surface area contributed by atoms with E-state index in [4.69, 9.17) is 15.0 Å². The van der Waals surface area contributed by atoms with E-state index in [2.05, 4.69) is 0 Å². The van der Waals surface area contributed by atoms with Gasteiger partial charge in [-0.3, -0.25) is 0 Å². The van der Waals surface area contributed by atoms with Gasteiger partial charge in [-0.15, -0.1) is 0 Å². The molecule has 10 heavy (non-hydrogen) atoms. The zero-order valence-corrected chi connectivity index (χ0v) is 5.57. The summed E-state index contributed by atoms with van der Waals surface area (Å²) in [5.74, 6) is 0.368. The molecule has 1 N–H and O–H groups in total. The maximum Gasteiger partial charge on any atom is 0.118 e. The number of hydrogen-bond acceptors (Lipinski definition) is 3. The van der Waals surface area contributed by atoms with Crippen molar-refractivity contribution in [2.75, 3.05) is 0 Å². The first kappa shape index (κ1) is 8.62. The maximum absolute atomic E-state index is 8.92. The Morgan fingerprint density at radius 1 is 1.20 bits per heavy atom. The molecule has 0 heterocycles. The lowest BCUT2D eigenvalue weighted by Crippen LogP contribution is -1.68. The van der Waals surface area contributed by atoms with Crippen LogP contribution in [0.5, 0.6) is 5.75 Å². The number of phenols is 1. The summed E-state index contributed by atoms with van der Waals surface area (Å²) in [6.07, 6.45) is 0. The molecule has 0 fully saturated rings. The normalized spacial score (nSPS) is 7.70. The maximum atomic E-state index is 8.92. The van der Waals surface area contributed by atoms with Gasteiger partial charge in [-0.05, 0) is 18.6 Å². The molecule has 0 spiro atoms. The van der Waals surface area contributed by atoms with Crippen molar-refractivity contribution < 1.29 is 5.11 Å². The zero-order valence-electron chi connectivity index (χ0n) is 5.57. The topological polar surface area (TPSA) is 54.4 Å². The van der Waals surface area contributed by atoms with E-state index in [0.717, 1.165) is 5.56 Å². The van der Waals surface area contributed by atoms with Gasteiger partial charge in [-0.2, -0.15) is 0 Å². The molecule has 0 unspecified atom stereocenters. The second-order valence-corrected chi connectivity index (χ2v) is 1.79. The monoisotopic (exact) mass is 140 g/mol. The summed E-state index contributed by atoms with van der Waals surface area (Å²) in [5, 5.41) is 8.92. The quantitative estimate of drug-likeness (QED) is 0.597. The lowest BCUT2D eigenvalue weighted by molar-refractivity contribution is 0.471. The van der Waals surface area contributed by atoms with E-state index < -0.39 is 0 Å². The van der Waals surface area contributed by atoms with Crippen LogP contribution in [0, 0.1) is 16.9 Å². The van der Waals surface area contributed by atoms with Crippen LogP contribution in [-0.4, -0.2) is 5.11 Å². The number of hydrogen-bond donors (Lipinski definition) is 1. The smallest absolute Gasteiger partial charge is 0.118 e. The van der Waals surface area contributed by atoms with Crippen molar-refractivity contribution in [1.82, 2.24) is 0 Å². The van der Waals surface area contributed by atoms with Gasteiger partial charge in [0.25, 0.3) is 0 Å². The summed E-state index contributed by atoms with van der Waals surface area (Å²) in [6, 6.07) is 7.25. The van der Waals surface area contributed by atoms with Crippen molar-refractivity contribution in [1.29, 1.82) is 0 Å².